The lowest BCUT2D eigenvalue weighted by Gasteiger charge is -2.26. The summed E-state index contributed by atoms with van der Waals surface area (Å²) in [7, 11) is 0. The minimum Gasteiger partial charge on any atom is -0.481 e. The summed E-state index contributed by atoms with van der Waals surface area (Å²) in [6.07, 6.45) is 6.15. The highest BCUT2D eigenvalue weighted by atomic mass is 16.4. The fraction of sp³-hybridized carbons (Fsp3) is 0.733. The molecule has 1 amide bonds. The molecule has 0 spiro atoms. The van der Waals surface area contributed by atoms with Gasteiger partial charge in [0.1, 0.15) is 0 Å². The van der Waals surface area contributed by atoms with Crippen LogP contribution >= 0.6 is 0 Å². The summed E-state index contributed by atoms with van der Waals surface area (Å²) in [5.41, 5.74) is 0. The fourth-order valence-electron chi connectivity index (χ4n) is 3.18. The van der Waals surface area contributed by atoms with Crippen LogP contribution in [0.5, 0.6) is 0 Å². The molecule has 2 saturated carbocycles. The first-order valence-corrected chi connectivity index (χ1v) is 7.22. The number of rotatable bonds is 6. The van der Waals surface area contributed by atoms with E-state index in [0.717, 1.165) is 25.7 Å². The molecule has 2 fully saturated rings. The normalized spacial score (nSPS) is 30.1. The Morgan fingerprint density at radius 3 is 2.42 bits per heavy atom. The lowest BCUT2D eigenvalue weighted by molar-refractivity contribution is -0.149. The van der Waals surface area contributed by atoms with Crippen LogP contribution in [0.15, 0.2) is 12.7 Å². The molecule has 0 aromatic heterocycles. The van der Waals surface area contributed by atoms with Gasteiger partial charge in [-0.3, -0.25) is 9.59 Å². The first-order chi connectivity index (χ1) is 9.08. The molecule has 2 aliphatic carbocycles. The predicted octanol–water partition coefficient (Wildman–Crippen LogP) is 2.30. The number of hydrogen-bond acceptors (Lipinski definition) is 2. The van der Waals surface area contributed by atoms with E-state index in [1.54, 1.807) is 6.08 Å². The molecule has 0 aromatic rings. The number of nitrogens with zero attached hydrogens (tertiary/aromatic N) is 1. The maximum absolute atomic E-state index is 12.6. The van der Waals surface area contributed by atoms with Crippen LogP contribution in [0.3, 0.4) is 0 Å². The third kappa shape index (κ3) is 2.99. The summed E-state index contributed by atoms with van der Waals surface area (Å²) in [5.74, 6) is -1.24. The molecule has 1 unspecified atom stereocenters. The molecule has 1 N–H and O–H groups in total. The van der Waals surface area contributed by atoms with Crippen LogP contribution in [0, 0.1) is 17.8 Å². The molecular formula is C15H23NO3. The lowest BCUT2D eigenvalue weighted by atomic mass is 9.94. The van der Waals surface area contributed by atoms with Crippen molar-refractivity contribution in [2.24, 2.45) is 17.8 Å². The summed E-state index contributed by atoms with van der Waals surface area (Å²) in [5, 5.41) is 9.32. The second kappa shape index (κ2) is 5.76. The van der Waals surface area contributed by atoms with Crippen LogP contribution in [-0.4, -0.2) is 34.5 Å². The van der Waals surface area contributed by atoms with Crippen molar-refractivity contribution in [2.75, 3.05) is 6.54 Å². The van der Waals surface area contributed by atoms with E-state index in [-0.39, 0.29) is 11.8 Å². The van der Waals surface area contributed by atoms with E-state index in [4.69, 9.17) is 0 Å². The van der Waals surface area contributed by atoms with Crippen molar-refractivity contribution in [3.05, 3.63) is 12.7 Å². The maximum atomic E-state index is 12.6. The molecule has 0 aromatic carbocycles. The Hall–Kier alpha value is -1.32. The number of amides is 1. The summed E-state index contributed by atoms with van der Waals surface area (Å²) in [4.78, 5) is 25.8. The molecule has 3 atom stereocenters. The minimum atomic E-state index is -0.816. The van der Waals surface area contributed by atoms with E-state index in [1.807, 2.05) is 4.90 Å². The first kappa shape index (κ1) is 14.1. The zero-order valence-corrected chi connectivity index (χ0v) is 11.5. The third-order valence-corrected chi connectivity index (χ3v) is 4.47. The van der Waals surface area contributed by atoms with Gasteiger partial charge in [-0.05, 0) is 31.6 Å². The van der Waals surface area contributed by atoms with E-state index < -0.39 is 11.9 Å². The van der Waals surface area contributed by atoms with Crippen molar-refractivity contribution < 1.29 is 14.7 Å². The van der Waals surface area contributed by atoms with Gasteiger partial charge in [-0.25, -0.2) is 0 Å². The van der Waals surface area contributed by atoms with Crippen molar-refractivity contribution in [1.29, 1.82) is 0 Å². The van der Waals surface area contributed by atoms with Gasteiger partial charge in [0.15, 0.2) is 0 Å². The molecular weight excluding hydrogens is 242 g/mol. The van der Waals surface area contributed by atoms with Crippen LogP contribution in [-0.2, 0) is 9.59 Å². The molecule has 2 rings (SSSR count). The monoisotopic (exact) mass is 265 g/mol. The Balaban J connectivity index is 2.10. The summed E-state index contributed by atoms with van der Waals surface area (Å²) >= 11 is 0. The number of carboxylic acid groups (broad SMARTS) is 1. The number of hydrogen-bond donors (Lipinski definition) is 1. The summed E-state index contributed by atoms with van der Waals surface area (Å²) < 4.78 is 0. The van der Waals surface area contributed by atoms with Gasteiger partial charge in [0, 0.05) is 12.6 Å². The van der Waals surface area contributed by atoms with Crippen molar-refractivity contribution in [3.63, 3.8) is 0 Å². The standard InChI is InChI=1S/C15H23NO3/c1-3-7-16(11-5-6-11)14(17)12-8-10(4-2)9-13(12)15(18)19/h3,10-13H,1,4-9H2,2H3,(H,18,19)/t10?,12-,13+/m0/s1. The molecule has 0 saturated heterocycles. The van der Waals surface area contributed by atoms with Gasteiger partial charge in [0.05, 0.1) is 11.8 Å². The Kier molecular flexibility index (Phi) is 4.27. The predicted molar refractivity (Wildman–Crippen MR) is 72.6 cm³/mol. The highest BCUT2D eigenvalue weighted by Gasteiger charge is 2.45. The van der Waals surface area contributed by atoms with Crippen LogP contribution in [0.25, 0.3) is 0 Å². The van der Waals surface area contributed by atoms with Crippen LogP contribution in [0.1, 0.15) is 39.0 Å². The number of carboxylic acids is 1. The second-order valence-corrected chi connectivity index (χ2v) is 5.81. The average Bonchev–Trinajstić information content (AvgIpc) is 3.12. The molecule has 2 aliphatic rings. The highest BCUT2D eigenvalue weighted by molar-refractivity contribution is 5.86. The zero-order valence-electron chi connectivity index (χ0n) is 11.5. The lowest BCUT2D eigenvalue weighted by Crippen LogP contribution is -2.40. The molecule has 106 valence electrons. The van der Waals surface area contributed by atoms with Crippen molar-refractivity contribution in [2.45, 2.75) is 45.1 Å². The molecule has 4 nitrogen and oxygen atoms in total. The Morgan fingerprint density at radius 2 is 1.95 bits per heavy atom. The van der Waals surface area contributed by atoms with Crippen molar-refractivity contribution in [3.8, 4) is 0 Å². The third-order valence-electron chi connectivity index (χ3n) is 4.47. The van der Waals surface area contributed by atoms with Crippen molar-refractivity contribution in [1.82, 2.24) is 4.90 Å². The summed E-state index contributed by atoms with van der Waals surface area (Å²) in [6, 6.07) is 0.320. The number of aliphatic carboxylic acids is 1. The SMILES string of the molecule is C=CCN(C(=O)[C@H]1CC(CC)C[C@H]1C(=O)O)C1CC1. The van der Waals surface area contributed by atoms with Gasteiger partial charge in [-0.1, -0.05) is 19.4 Å². The van der Waals surface area contributed by atoms with Crippen molar-refractivity contribution >= 4 is 11.9 Å². The minimum absolute atomic E-state index is 0.0331. The van der Waals surface area contributed by atoms with E-state index in [1.165, 1.54) is 0 Å². The molecule has 0 radical (unpaired) electrons. The molecule has 19 heavy (non-hydrogen) atoms. The zero-order chi connectivity index (χ0) is 14.0. The van der Waals surface area contributed by atoms with Gasteiger partial charge < -0.3 is 10.0 Å². The second-order valence-electron chi connectivity index (χ2n) is 5.81. The molecule has 4 heteroatoms. The Morgan fingerprint density at radius 1 is 1.32 bits per heavy atom. The van der Waals surface area contributed by atoms with Gasteiger partial charge in [-0.15, -0.1) is 6.58 Å². The van der Waals surface area contributed by atoms with Gasteiger partial charge >= 0.3 is 5.97 Å². The first-order valence-electron chi connectivity index (χ1n) is 7.22. The van der Waals surface area contributed by atoms with E-state index in [9.17, 15) is 14.7 Å². The quantitative estimate of drug-likeness (QED) is 0.750. The maximum Gasteiger partial charge on any atom is 0.307 e. The van der Waals surface area contributed by atoms with Crippen LogP contribution in [0.4, 0.5) is 0 Å². The van der Waals surface area contributed by atoms with E-state index in [2.05, 4.69) is 13.5 Å². The molecule has 0 aliphatic heterocycles. The van der Waals surface area contributed by atoms with Gasteiger partial charge in [0.2, 0.25) is 5.91 Å². The Labute approximate surface area is 114 Å². The number of carbonyl (C=O) groups is 2. The average molecular weight is 265 g/mol. The largest absolute Gasteiger partial charge is 0.481 e. The number of carbonyl (C=O) groups excluding carboxylic acids is 1. The molecule has 0 bridgehead atoms. The summed E-state index contributed by atoms with van der Waals surface area (Å²) in [6.45, 7) is 6.31. The molecule has 0 heterocycles. The topological polar surface area (TPSA) is 57.6 Å². The fourth-order valence-corrected chi connectivity index (χ4v) is 3.18. The van der Waals surface area contributed by atoms with Crippen LogP contribution < -0.4 is 0 Å². The highest BCUT2D eigenvalue weighted by Crippen LogP contribution is 2.41. The van der Waals surface area contributed by atoms with E-state index in [0.29, 0.717) is 24.9 Å². The van der Waals surface area contributed by atoms with E-state index >= 15 is 0 Å². The van der Waals surface area contributed by atoms with Gasteiger partial charge in [-0.2, -0.15) is 0 Å². The van der Waals surface area contributed by atoms with Gasteiger partial charge in [0.25, 0.3) is 0 Å². The van der Waals surface area contributed by atoms with Crippen LogP contribution in [0.2, 0.25) is 0 Å². The Bertz CT molecular complexity index is 376. The smallest absolute Gasteiger partial charge is 0.307 e.